The van der Waals surface area contributed by atoms with Crippen LogP contribution in [0.4, 0.5) is 0 Å². The molecule has 1 rings (SSSR count). The molecule has 0 radical (unpaired) electrons. The van der Waals surface area contributed by atoms with Crippen molar-refractivity contribution in [3.63, 3.8) is 0 Å². The van der Waals surface area contributed by atoms with Crippen molar-refractivity contribution in [3.8, 4) is 11.5 Å². The number of allylic oxidation sites excluding steroid dienone is 1. The number of hydrogen-bond donors (Lipinski definition) is 3. The summed E-state index contributed by atoms with van der Waals surface area (Å²) in [5.74, 6) is -0.727. The van der Waals surface area contributed by atoms with Crippen molar-refractivity contribution in [1.82, 2.24) is 0 Å². The molecule has 0 saturated heterocycles. The SMILES string of the molecule is COc1cc(/C=C/C=N[C@@H](CCC[N+](=N)CN)C(=O)O)ccc1OC(C)=O. The van der Waals surface area contributed by atoms with Crippen molar-refractivity contribution in [3.05, 3.63) is 29.8 Å². The monoisotopic (exact) mass is 377 g/mol. The highest BCUT2D eigenvalue weighted by atomic mass is 16.6. The molecule has 4 N–H and O–H groups in total. The van der Waals surface area contributed by atoms with E-state index < -0.39 is 18.0 Å². The maximum atomic E-state index is 11.2. The molecule has 146 valence electrons. The lowest BCUT2D eigenvalue weighted by atomic mass is 10.1. The van der Waals surface area contributed by atoms with Gasteiger partial charge in [0, 0.05) is 19.6 Å². The van der Waals surface area contributed by atoms with Gasteiger partial charge >= 0.3 is 11.9 Å². The van der Waals surface area contributed by atoms with E-state index >= 15 is 0 Å². The van der Waals surface area contributed by atoms with Crippen molar-refractivity contribution >= 4 is 24.2 Å². The van der Waals surface area contributed by atoms with E-state index in [9.17, 15) is 14.7 Å². The van der Waals surface area contributed by atoms with Crippen LogP contribution >= 0.6 is 0 Å². The maximum Gasteiger partial charge on any atom is 0.328 e. The van der Waals surface area contributed by atoms with Gasteiger partial charge in [0.2, 0.25) is 6.67 Å². The fourth-order valence-electron chi connectivity index (χ4n) is 2.16. The summed E-state index contributed by atoms with van der Waals surface area (Å²) in [6.07, 6.45) is 5.59. The number of ether oxygens (including phenoxy) is 2. The van der Waals surface area contributed by atoms with Gasteiger partial charge in [0.05, 0.1) is 7.11 Å². The molecule has 0 saturated carbocycles. The van der Waals surface area contributed by atoms with Gasteiger partial charge in [0.15, 0.2) is 18.0 Å². The van der Waals surface area contributed by atoms with Gasteiger partial charge in [-0.25, -0.2) is 4.79 Å². The Labute approximate surface area is 157 Å². The number of nitrogens with two attached hydrogens (primary N) is 1. The number of benzene rings is 1. The average molecular weight is 377 g/mol. The lowest BCUT2D eigenvalue weighted by Crippen LogP contribution is -2.22. The van der Waals surface area contributed by atoms with Crippen molar-refractivity contribution in [2.75, 3.05) is 20.3 Å². The van der Waals surface area contributed by atoms with Crippen LogP contribution in [0.15, 0.2) is 29.3 Å². The van der Waals surface area contributed by atoms with Crippen LogP contribution < -0.4 is 15.2 Å². The van der Waals surface area contributed by atoms with Gasteiger partial charge in [-0.3, -0.25) is 15.5 Å². The summed E-state index contributed by atoms with van der Waals surface area (Å²) < 4.78 is 11.4. The zero-order valence-corrected chi connectivity index (χ0v) is 15.4. The van der Waals surface area contributed by atoms with E-state index in [1.54, 1.807) is 30.4 Å². The Kier molecular flexibility index (Phi) is 9.38. The molecule has 9 nitrogen and oxygen atoms in total. The van der Waals surface area contributed by atoms with E-state index in [4.69, 9.17) is 20.7 Å². The van der Waals surface area contributed by atoms with Crippen LogP contribution in [0.3, 0.4) is 0 Å². The fourth-order valence-corrected chi connectivity index (χ4v) is 2.16. The predicted octanol–water partition coefficient (Wildman–Crippen LogP) is 1.90. The number of aliphatic carboxylic acids is 1. The molecule has 1 atom stereocenters. The molecular weight excluding hydrogens is 352 g/mol. The Morgan fingerprint density at radius 3 is 2.74 bits per heavy atom. The molecule has 0 fully saturated rings. The van der Waals surface area contributed by atoms with Gasteiger partial charge in [-0.1, -0.05) is 17.7 Å². The number of carboxylic acids is 1. The molecule has 0 aliphatic carbocycles. The van der Waals surface area contributed by atoms with E-state index in [1.807, 2.05) is 0 Å². The zero-order chi connectivity index (χ0) is 20.2. The van der Waals surface area contributed by atoms with Crippen LogP contribution in [-0.4, -0.2) is 54.3 Å². The minimum Gasteiger partial charge on any atom is -0.493 e. The fraction of sp³-hybridized carbons (Fsp3) is 0.389. The Balaban J connectivity index is 2.70. The molecule has 0 unspecified atom stereocenters. The van der Waals surface area contributed by atoms with Crippen LogP contribution in [0.25, 0.3) is 6.08 Å². The van der Waals surface area contributed by atoms with E-state index in [0.717, 1.165) is 10.3 Å². The van der Waals surface area contributed by atoms with Gasteiger partial charge in [0.1, 0.15) is 6.04 Å². The molecular formula is C18H25N4O5+. The highest BCUT2D eigenvalue weighted by Gasteiger charge is 2.15. The van der Waals surface area contributed by atoms with Crippen LogP contribution in [-0.2, 0) is 9.59 Å². The van der Waals surface area contributed by atoms with E-state index in [2.05, 4.69) is 4.99 Å². The van der Waals surface area contributed by atoms with Crippen molar-refractivity contribution in [2.24, 2.45) is 10.7 Å². The van der Waals surface area contributed by atoms with Crippen LogP contribution in [0.1, 0.15) is 25.3 Å². The Morgan fingerprint density at radius 2 is 2.15 bits per heavy atom. The number of rotatable bonds is 11. The summed E-state index contributed by atoms with van der Waals surface area (Å²) in [7, 11) is 1.47. The Bertz CT molecular complexity index is 730. The second kappa shape index (κ2) is 11.5. The van der Waals surface area contributed by atoms with Crippen molar-refractivity contribution in [1.29, 1.82) is 5.53 Å². The second-order valence-corrected chi connectivity index (χ2v) is 5.60. The minimum absolute atomic E-state index is 0.101. The van der Waals surface area contributed by atoms with Crippen LogP contribution in [0.2, 0.25) is 0 Å². The predicted molar refractivity (Wildman–Crippen MR) is 99.4 cm³/mol. The molecule has 0 aliphatic heterocycles. The molecule has 9 heteroatoms. The smallest absolute Gasteiger partial charge is 0.328 e. The first-order valence-electron chi connectivity index (χ1n) is 8.32. The topological polar surface area (TPSA) is 138 Å². The van der Waals surface area contributed by atoms with E-state index in [0.29, 0.717) is 30.9 Å². The van der Waals surface area contributed by atoms with Gasteiger partial charge in [-0.2, -0.15) is 0 Å². The molecule has 0 aromatic heterocycles. The lowest BCUT2D eigenvalue weighted by molar-refractivity contribution is -0.614. The molecule has 1 aromatic carbocycles. The average Bonchev–Trinajstić information content (AvgIpc) is 2.63. The first-order valence-corrected chi connectivity index (χ1v) is 8.32. The van der Waals surface area contributed by atoms with Crippen molar-refractivity contribution in [2.45, 2.75) is 25.8 Å². The van der Waals surface area contributed by atoms with Crippen LogP contribution in [0.5, 0.6) is 11.5 Å². The lowest BCUT2D eigenvalue weighted by Gasteiger charge is -2.08. The number of methoxy groups -OCH3 is 1. The highest BCUT2D eigenvalue weighted by Crippen LogP contribution is 2.28. The Morgan fingerprint density at radius 1 is 1.41 bits per heavy atom. The minimum atomic E-state index is -1.02. The Hall–Kier alpha value is -3.07. The molecule has 0 aliphatic rings. The molecule has 1 aromatic rings. The first kappa shape index (κ1) is 22.0. The standard InChI is InChI=1S/C18H24N4O5/c1-13(23)27-16-8-7-14(11-17(16)26-2)5-3-9-21-15(18(24)25)6-4-10-22(20)12-19/h3,5,7-9,11,15,20H,4,6,10,12,19H2,1-2H3/p+1/b5-3+,21-9?,22-20?/t15-/m0/s1. The number of esters is 1. The number of aliphatic imine (C=N–C) groups is 1. The quantitative estimate of drug-likeness (QED) is 0.134. The highest BCUT2D eigenvalue weighted by molar-refractivity contribution is 5.82. The molecule has 0 spiro atoms. The zero-order valence-electron chi connectivity index (χ0n) is 15.4. The van der Waals surface area contributed by atoms with Gasteiger partial charge < -0.3 is 14.6 Å². The number of nitrogens with one attached hydrogen (secondary N) is 1. The second-order valence-electron chi connectivity index (χ2n) is 5.60. The first-order chi connectivity index (χ1) is 12.9. The number of carbonyl (C=O) groups excluding carboxylic acids is 1. The molecule has 0 heterocycles. The molecule has 0 bridgehead atoms. The van der Waals surface area contributed by atoms with Gasteiger partial charge in [-0.05, 0) is 30.2 Å². The van der Waals surface area contributed by atoms with Gasteiger partial charge in [0.25, 0.3) is 0 Å². The number of carboxylic acid groups (broad SMARTS) is 1. The summed E-state index contributed by atoms with van der Waals surface area (Å²) in [4.78, 5) is 26.3. The normalized spacial score (nSPS) is 12.3. The summed E-state index contributed by atoms with van der Waals surface area (Å²) in [6, 6.07) is 4.16. The summed E-state index contributed by atoms with van der Waals surface area (Å²) in [5, 5.41) is 9.20. The van der Waals surface area contributed by atoms with Gasteiger partial charge in [-0.15, -0.1) is 4.70 Å². The number of nitrogens with zero attached hydrogens (tertiary/aromatic N) is 2. The third-order valence-corrected chi connectivity index (χ3v) is 3.49. The third-order valence-electron chi connectivity index (χ3n) is 3.49. The number of hydrogen-bond acceptors (Lipinski definition) is 7. The number of carbonyl (C=O) groups is 2. The summed E-state index contributed by atoms with van der Waals surface area (Å²) >= 11 is 0. The largest absolute Gasteiger partial charge is 0.493 e. The summed E-state index contributed by atoms with van der Waals surface area (Å²) in [6.45, 7) is 1.80. The van der Waals surface area contributed by atoms with Crippen molar-refractivity contribution < 1.29 is 28.9 Å². The van der Waals surface area contributed by atoms with E-state index in [-0.39, 0.29) is 6.67 Å². The van der Waals surface area contributed by atoms with E-state index in [1.165, 1.54) is 20.2 Å². The molecule has 0 amide bonds. The third kappa shape index (κ3) is 8.23. The molecule has 27 heavy (non-hydrogen) atoms. The summed E-state index contributed by atoms with van der Waals surface area (Å²) in [5.41, 5.74) is 13.5. The van der Waals surface area contributed by atoms with Crippen LogP contribution in [0, 0.1) is 5.53 Å². The maximum absolute atomic E-state index is 11.2.